The summed E-state index contributed by atoms with van der Waals surface area (Å²) in [5.41, 5.74) is 1.10. The van der Waals surface area contributed by atoms with E-state index in [0.717, 1.165) is 31.6 Å². The molecule has 0 saturated carbocycles. The van der Waals surface area contributed by atoms with Gasteiger partial charge in [0.05, 0.1) is 0 Å². The molecule has 1 aliphatic heterocycles. The molecule has 0 aromatic heterocycles. The first-order valence-corrected chi connectivity index (χ1v) is 8.70. The highest BCUT2D eigenvalue weighted by molar-refractivity contribution is 5.79. The van der Waals surface area contributed by atoms with E-state index in [9.17, 15) is 9.59 Å². The highest BCUT2D eigenvalue weighted by atomic mass is 16.5. The van der Waals surface area contributed by atoms with E-state index in [1.807, 2.05) is 37.3 Å². The third-order valence-corrected chi connectivity index (χ3v) is 4.76. The Labute approximate surface area is 143 Å². The van der Waals surface area contributed by atoms with Gasteiger partial charge in [0.1, 0.15) is 0 Å². The monoisotopic (exact) mass is 333 g/mol. The summed E-state index contributed by atoms with van der Waals surface area (Å²) in [5.74, 6) is -0.541. The van der Waals surface area contributed by atoms with Gasteiger partial charge in [0.25, 0.3) is 0 Å². The minimum Gasteiger partial charge on any atom is -0.481 e. The van der Waals surface area contributed by atoms with Gasteiger partial charge >= 0.3 is 5.97 Å². The highest BCUT2D eigenvalue weighted by Crippen LogP contribution is 2.24. The van der Waals surface area contributed by atoms with Crippen molar-refractivity contribution in [3.05, 3.63) is 35.9 Å². The molecule has 1 aliphatic rings. The number of aliphatic carboxylic acids is 1. The van der Waals surface area contributed by atoms with Gasteiger partial charge in [-0.05, 0) is 37.2 Å². The summed E-state index contributed by atoms with van der Waals surface area (Å²) in [6.07, 6.45) is 2.97. The average molecular weight is 333 g/mol. The molecule has 2 unspecified atom stereocenters. The van der Waals surface area contributed by atoms with Crippen LogP contribution in [-0.2, 0) is 20.7 Å². The van der Waals surface area contributed by atoms with E-state index in [1.165, 1.54) is 0 Å². The molecule has 1 aromatic rings. The van der Waals surface area contributed by atoms with Crippen molar-refractivity contribution in [3.63, 3.8) is 0 Å². The maximum Gasteiger partial charge on any atom is 0.303 e. The van der Waals surface area contributed by atoms with Crippen LogP contribution in [0.4, 0.5) is 0 Å². The zero-order valence-corrected chi connectivity index (χ0v) is 14.2. The molecule has 132 valence electrons. The van der Waals surface area contributed by atoms with Gasteiger partial charge in [-0.25, -0.2) is 0 Å². The lowest BCUT2D eigenvalue weighted by atomic mass is 9.86. The van der Waals surface area contributed by atoms with Crippen LogP contribution < -0.4 is 5.32 Å². The number of carboxylic acid groups (broad SMARTS) is 1. The van der Waals surface area contributed by atoms with Crippen molar-refractivity contribution in [1.82, 2.24) is 5.32 Å². The predicted octanol–water partition coefficient (Wildman–Crippen LogP) is 2.64. The second kappa shape index (κ2) is 9.42. The van der Waals surface area contributed by atoms with E-state index in [2.05, 4.69) is 5.32 Å². The minimum absolute atomic E-state index is 0.0215. The summed E-state index contributed by atoms with van der Waals surface area (Å²) in [6, 6.07) is 9.70. The molecule has 2 rings (SSSR count). The molecule has 1 fully saturated rings. The van der Waals surface area contributed by atoms with Crippen molar-refractivity contribution in [3.8, 4) is 0 Å². The van der Waals surface area contributed by atoms with Crippen LogP contribution in [0.1, 0.15) is 38.2 Å². The first kappa shape index (κ1) is 18.5. The van der Waals surface area contributed by atoms with Crippen LogP contribution in [0.5, 0.6) is 0 Å². The summed E-state index contributed by atoms with van der Waals surface area (Å²) >= 11 is 0. The number of benzene rings is 1. The van der Waals surface area contributed by atoms with Crippen LogP contribution in [0.2, 0.25) is 0 Å². The summed E-state index contributed by atoms with van der Waals surface area (Å²) in [7, 11) is 0. The number of amides is 1. The second-order valence-electron chi connectivity index (χ2n) is 6.57. The molecule has 1 aromatic carbocycles. The number of carbonyl (C=O) groups excluding carboxylic acids is 1. The van der Waals surface area contributed by atoms with Crippen LogP contribution in [0.3, 0.4) is 0 Å². The molecule has 2 atom stereocenters. The summed E-state index contributed by atoms with van der Waals surface area (Å²) in [4.78, 5) is 23.5. The Kier molecular flexibility index (Phi) is 7.25. The molecular weight excluding hydrogens is 306 g/mol. The fraction of sp³-hybridized carbons (Fsp3) is 0.579. The van der Waals surface area contributed by atoms with Gasteiger partial charge in [-0.15, -0.1) is 0 Å². The summed E-state index contributed by atoms with van der Waals surface area (Å²) in [6.45, 7) is 3.39. The SMILES string of the molecule is CC(C(=O)NC(CCC(=O)O)Cc1ccccc1)C1CCOCC1. The van der Waals surface area contributed by atoms with Crippen molar-refractivity contribution in [2.45, 2.75) is 45.1 Å². The predicted molar refractivity (Wildman–Crippen MR) is 91.7 cm³/mol. The molecule has 0 aliphatic carbocycles. The maximum atomic E-state index is 12.6. The van der Waals surface area contributed by atoms with Crippen molar-refractivity contribution in [2.75, 3.05) is 13.2 Å². The fourth-order valence-electron chi connectivity index (χ4n) is 3.18. The maximum absolute atomic E-state index is 12.6. The first-order chi connectivity index (χ1) is 11.6. The van der Waals surface area contributed by atoms with Crippen LogP contribution in [0, 0.1) is 11.8 Å². The van der Waals surface area contributed by atoms with Crippen molar-refractivity contribution >= 4 is 11.9 Å². The normalized spacial score (nSPS) is 17.9. The number of rotatable bonds is 8. The Morgan fingerprint density at radius 2 is 1.92 bits per heavy atom. The lowest BCUT2D eigenvalue weighted by molar-refractivity contribution is -0.137. The van der Waals surface area contributed by atoms with Gasteiger partial charge in [0, 0.05) is 31.6 Å². The zero-order valence-electron chi connectivity index (χ0n) is 14.2. The van der Waals surface area contributed by atoms with Crippen LogP contribution in [0.15, 0.2) is 30.3 Å². The lowest BCUT2D eigenvalue weighted by Gasteiger charge is -2.28. The van der Waals surface area contributed by atoms with Gasteiger partial charge in [-0.2, -0.15) is 0 Å². The van der Waals surface area contributed by atoms with Crippen LogP contribution in [-0.4, -0.2) is 36.2 Å². The molecule has 0 spiro atoms. The van der Waals surface area contributed by atoms with Gasteiger partial charge in [0.2, 0.25) is 5.91 Å². The molecule has 24 heavy (non-hydrogen) atoms. The summed E-state index contributed by atoms with van der Waals surface area (Å²) < 4.78 is 5.36. The van der Waals surface area contributed by atoms with Gasteiger partial charge in [-0.3, -0.25) is 9.59 Å². The fourth-order valence-corrected chi connectivity index (χ4v) is 3.18. The molecule has 1 amide bonds. The van der Waals surface area contributed by atoms with Crippen molar-refractivity contribution in [2.24, 2.45) is 11.8 Å². The van der Waals surface area contributed by atoms with E-state index in [0.29, 0.717) is 18.8 Å². The number of carboxylic acids is 1. The Balaban J connectivity index is 1.94. The zero-order chi connectivity index (χ0) is 17.4. The van der Waals surface area contributed by atoms with E-state index in [-0.39, 0.29) is 24.3 Å². The molecule has 5 heteroatoms. The standard InChI is InChI=1S/C19H27NO4/c1-14(16-9-11-24-12-10-16)19(23)20-17(7-8-18(21)22)13-15-5-3-2-4-6-15/h2-6,14,16-17H,7-13H2,1H3,(H,20,23)(H,21,22). The van der Waals surface area contributed by atoms with E-state index >= 15 is 0 Å². The number of hydrogen-bond acceptors (Lipinski definition) is 3. The number of hydrogen-bond donors (Lipinski definition) is 2. The number of ether oxygens (including phenoxy) is 1. The molecule has 1 heterocycles. The van der Waals surface area contributed by atoms with E-state index < -0.39 is 5.97 Å². The molecule has 5 nitrogen and oxygen atoms in total. The molecule has 0 bridgehead atoms. The molecule has 1 saturated heterocycles. The topological polar surface area (TPSA) is 75.6 Å². The first-order valence-electron chi connectivity index (χ1n) is 8.70. The van der Waals surface area contributed by atoms with Gasteiger partial charge in [0.15, 0.2) is 0 Å². The second-order valence-corrected chi connectivity index (χ2v) is 6.57. The lowest BCUT2D eigenvalue weighted by Crippen LogP contribution is -2.42. The summed E-state index contributed by atoms with van der Waals surface area (Å²) in [5, 5.41) is 12.0. The van der Waals surface area contributed by atoms with Crippen molar-refractivity contribution < 1.29 is 19.4 Å². The minimum atomic E-state index is -0.834. The highest BCUT2D eigenvalue weighted by Gasteiger charge is 2.27. The Morgan fingerprint density at radius 3 is 2.54 bits per heavy atom. The molecule has 0 radical (unpaired) electrons. The van der Waals surface area contributed by atoms with Crippen LogP contribution in [0.25, 0.3) is 0 Å². The Bertz CT molecular complexity index is 525. The smallest absolute Gasteiger partial charge is 0.303 e. The number of nitrogens with one attached hydrogen (secondary N) is 1. The Hall–Kier alpha value is -1.88. The van der Waals surface area contributed by atoms with E-state index in [1.54, 1.807) is 0 Å². The third kappa shape index (κ3) is 5.96. The van der Waals surface area contributed by atoms with Crippen molar-refractivity contribution in [1.29, 1.82) is 0 Å². The van der Waals surface area contributed by atoms with E-state index in [4.69, 9.17) is 9.84 Å². The molecule has 2 N–H and O–H groups in total. The molecular formula is C19H27NO4. The average Bonchev–Trinajstić information content (AvgIpc) is 2.60. The van der Waals surface area contributed by atoms with Crippen LogP contribution >= 0.6 is 0 Å². The largest absolute Gasteiger partial charge is 0.481 e. The third-order valence-electron chi connectivity index (χ3n) is 4.76. The number of carbonyl (C=O) groups is 2. The van der Waals surface area contributed by atoms with Gasteiger partial charge in [-0.1, -0.05) is 37.3 Å². The quantitative estimate of drug-likeness (QED) is 0.767. The van der Waals surface area contributed by atoms with Gasteiger partial charge < -0.3 is 15.2 Å². The Morgan fingerprint density at radius 1 is 1.25 bits per heavy atom.